The zero-order chi connectivity index (χ0) is 11.6. The van der Waals surface area contributed by atoms with Crippen molar-refractivity contribution in [2.45, 2.75) is 33.2 Å². The fourth-order valence-electron chi connectivity index (χ4n) is 1.66. The number of benzene rings is 1. The summed E-state index contributed by atoms with van der Waals surface area (Å²) in [5, 5.41) is 0. The molecule has 0 radical (unpaired) electrons. The maximum atomic E-state index is 10.4. The number of isocyanates is 1. The van der Waals surface area contributed by atoms with Crippen molar-refractivity contribution < 1.29 is 4.79 Å². The lowest BCUT2D eigenvalue weighted by molar-refractivity contribution is 0.521. The number of aliphatic imine (C=N–C) groups is 1. The molecule has 2 nitrogen and oxygen atoms in total. The van der Waals surface area contributed by atoms with Crippen molar-refractivity contribution in [3.8, 4) is 0 Å². The molecule has 0 aliphatic rings. The van der Waals surface area contributed by atoms with Crippen LogP contribution in [0.3, 0.4) is 0 Å². The second-order valence-corrected chi connectivity index (χ2v) is 4.92. The van der Waals surface area contributed by atoms with Gasteiger partial charge in [-0.2, -0.15) is 4.99 Å². The third kappa shape index (κ3) is 2.36. The topological polar surface area (TPSA) is 29.4 Å². The monoisotopic (exact) mass is 267 g/mol. The van der Waals surface area contributed by atoms with Crippen molar-refractivity contribution in [2.75, 3.05) is 0 Å². The van der Waals surface area contributed by atoms with Gasteiger partial charge >= 0.3 is 0 Å². The molecule has 0 bridgehead atoms. The Labute approximate surface area is 98.5 Å². The van der Waals surface area contributed by atoms with Crippen LogP contribution < -0.4 is 0 Å². The SMILES string of the molecule is Cc1ccc(C(C)(C)N=C=O)c(C)c1Br. The number of hydrogen-bond donors (Lipinski definition) is 0. The van der Waals surface area contributed by atoms with Crippen LogP contribution in [0.1, 0.15) is 30.5 Å². The highest BCUT2D eigenvalue weighted by atomic mass is 79.9. The van der Waals surface area contributed by atoms with E-state index in [-0.39, 0.29) is 0 Å². The van der Waals surface area contributed by atoms with Crippen molar-refractivity contribution in [3.05, 3.63) is 33.3 Å². The van der Waals surface area contributed by atoms with Gasteiger partial charge in [0.25, 0.3) is 0 Å². The molecule has 0 unspecified atom stereocenters. The average Bonchev–Trinajstić information content (AvgIpc) is 2.13. The van der Waals surface area contributed by atoms with Crippen LogP contribution in [-0.2, 0) is 10.3 Å². The van der Waals surface area contributed by atoms with Crippen LogP contribution in [-0.4, -0.2) is 6.08 Å². The Morgan fingerprint density at radius 3 is 2.47 bits per heavy atom. The molecule has 0 saturated carbocycles. The minimum atomic E-state index is -0.512. The first-order valence-electron chi connectivity index (χ1n) is 4.75. The van der Waals surface area contributed by atoms with Crippen LogP contribution in [0.25, 0.3) is 0 Å². The van der Waals surface area contributed by atoms with Crippen molar-refractivity contribution in [1.29, 1.82) is 0 Å². The van der Waals surface area contributed by atoms with Gasteiger partial charge in [0.05, 0.1) is 5.54 Å². The molecular formula is C12H14BrNO. The highest BCUT2D eigenvalue weighted by Gasteiger charge is 2.22. The zero-order valence-corrected chi connectivity index (χ0v) is 11.0. The van der Waals surface area contributed by atoms with Gasteiger partial charge in [0.15, 0.2) is 0 Å². The molecule has 0 N–H and O–H groups in total. The molecule has 80 valence electrons. The zero-order valence-electron chi connectivity index (χ0n) is 9.39. The third-order valence-electron chi connectivity index (χ3n) is 2.56. The smallest absolute Gasteiger partial charge is 0.211 e. The number of halogens is 1. The van der Waals surface area contributed by atoms with E-state index >= 15 is 0 Å². The lowest BCUT2D eigenvalue weighted by Gasteiger charge is -2.21. The first-order chi connectivity index (χ1) is 6.90. The van der Waals surface area contributed by atoms with Gasteiger partial charge in [-0.05, 0) is 44.4 Å². The molecule has 15 heavy (non-hydrogen) atoms. The predicted octanol–water partition coefficient (Wildman–Crippen LogP) is 3.64. The second kappa shape index (κ2) is 4.30. The van der Waals surface area contributed by atoms with Gasteiger partial charge in [0, 0.05) is 4.47 Å². The van der Waals surface area contributed by atoms with Gasteiger partial charge in [-0.15, -0.1) is 0 Å². The molecule has 0 amide bonds. The first kappa shape index (κ1) is 12.2. The summed E-state index contributed by atoms with van der Waals surface area (Å²) < 4.78 is 1.08. The van der Waals surface area contributed by atoms with Crippen LogP contribution in [0.4, 0.5) is 0 Å². The van der Waals surface area contributed by atoms with Crippen molar-refractivity contribution in [3.63, 3.8) is 0 Å². The van der Waals surface area contributed by atoms with Gasteiger partial charge in [0.2, 0.25) is 6.08 Å². The van der Waals surface area contributed by atoms with E-state index in [9.17, 15) is 4.79 Å². The summed E-state index contributed by atoms with van der Waals surface area (Å²) in [6, 6.07) is 4.03. The van der Waals surface area contributed by atoms with E-state index in [0.29, 0.717) is 0 Å². The Bertz CT molecular complexity index is 431. The average molecular weight is 268 g/mol. The minimum Gasteiger partial charge on any atom is -0.211 e. The summed E-state index contributed by atoms with van der Waals surface area (Å²) in [5.74, 6) is 0. The Morgan fingerprint density at radius 1 is 1.33 bits per heavy atom. The Balaban J connectivity index is 3.39. The minimum absolute atomic E-state index is 0.512. The molecule has 1 rings (SSSR count). The van der Waals surface area contributed by atoms with E-state index in [0.717, 1.165) is 15.6 Å². The van der Waals surface area contributed by atoms with E-state index in [1.165, 1.54) is 5.56 Å². The maximum absolute atomic E-state index is 10.4. The predicted molar refractivity (Wildman–Crippen MR) is 64.8 cm³/mol. The quantitative estimate of drug-likeness (QED) is 0.594. The third-order valence-corrected chi connectivity index (χ3v) is 3.78. The summed E-state index contributed by atoms with van der Waals surface area (Å²) in [7, 11) is 0. The summed E-state index contributed by atoms with van der Waals surface area (Å²) in [5.41, 5.74) is 2.84. The van der Waals surface area contributed by atoms with Crippen molar-refractivity contribution in [1.82, 2.24) is 0 Å². The van der Waals surface area contributed by atoms with Crippen molar-refractivity contribution >= 4 is 22.0 Å². The largest absolute Gasteiger partial charge is 0.235 e. The normalized spacial score (nSPS) is 11.0. The lowest BCUT2D eigenvalue weighted by Crippen LogP contribution is -2.15. The van der Waals surface area contributed by atoms with Gasteiger partial charge < -0.3 is 0 Å². The van der Waals surface area contributed by atoms with E-state index in [1.807, 2.05) is 39.8 Å². The molecule has 0 spiro atoms. The van der Waals surface area contributed by atoms with E-state index < -0.39 is 5.54 Å². The van der Waals surface area contributed by atoms with Crippen LogP contribution in [0.2, 0.25) is 0 Å². The fourth-order valence-corrected chi connectivity index (χ4v) is 2.00. The molecule has 0 heterocycles. The van der Waals surface area contributed by atoms with Crippen molar-refractivity contribution in [2.24, 2.45) is 4.99 Å². The van der Waals surface area contributed by atoms with Crippen LogP contribution >= 0.6 is 15.9 Å². The number of carbonyl (C=O) groups excluding carboxylic acids is 1. The van der Waals surface area contributed by atoms with Crippen LogP contribution in [0.5, 0.6) is 0 Å². The molecule has 0 aliphatic heterocycles. The molecule has 0 saturated heterocycles. The lowest BCUT2D eigenvalue weighted by atomic mass is 9.90. The van der Waals surface area contributed by atoms with E-state index in [1.54, 1.807) is 6.08 Å². The number of hydrogen-bond acceptors (Lipinski definition) is 2. The Hall–Kier alpha value is -0.920. The molecule has 0 atom stereocenters. The fraction of sp³-hybridized carbons (Fsp3) is 0.417. The number of aryl methyl sites for hydroxylation is 1. The van der Waals surface area contributed by atoms with Crippen LogP contribution in [0, 0.1) is 13.8 Å². The molecular weight excluding hydrogens is 254 g/mol. The second-order valence-electron chi connectivity index (χ2n) is 4.13. The summed E-state index contributed by atoms with van der Waals surface area (Å²) in [4.78, 5) is 14.2. The number of nitrogens with zero attached hydrogens (tertiary/aromatic N) is 1. The van der Waals surface area contributed by atoms with E-state index in [2.05, 4.69) is 20.9 Å². The molecule has 0 fully saturated rings. The molecule has 0 aliphatic carbocycles. The van der Waals surface area contributed by atoms with E-state index in [4.69, 9.17) is 0 Å². The molecule has 0 aromatic heterocycles. The standard InChI is InChI=1S/C12H14BrNO/c1-8-5-6-10(9(2)11(8)13)12(3,4)14-7-15/h5-6H,1-4H3. The van der Waals surface area contributed by atoms with Gasteiger partial charge in [-0.1, -0.05) is 28.1 Å². The summed E-state index contributed by atoms with van der Waals surface area (Å²) in [6.07, 6.45) is 1.63. The summed E-state index contributed by atoms with van der Waals surface area (Å²) in [6.45, 7) is 7.87. The number of rotatable bonds is 2. The van der Waals surface area contributed by atoms with Gasteiger partial charge in [0.1, 0.15) is 0 Å². The Morgan fingerprint density at radius 2 is 1.93 bits per heavy atom. The Kier molecular flexibility index (Phi) is 3.48. The summed E-state index contributed by atoms with van der Waals surface area (Å²) >= 11 is 3.53. The maximum Gasteiger partial charge on any atom is 0.235 e. The van der Waals surface area contributed by atoms with Gasteiger partial charge in [-0.25, -0.2) is 4.79 Å². The molecule has 3 heteroatoms. The molecule has 1 aromatic rings. The van der Waals surface area contributed by atoms with Gasteiger partial charge in [-0.3, -0.25) is 0 Å². The highest BCUT2D eigenvalue weighted by molar-refractivity contribution is 9.10. The first-order valence-corrected chi connectivity index (χ1v) is 5.54. The molecule has 1 aromatic carbocycles. The highest BCUT2D eigenvalue weighted by Crippen LogP contribution is 2.32. The van der Waals surface area contributed by atoms with Crippen LogP contribution in [0.15, 0.2) is 21.6 Å².